The molecule has 0 fully saturated rings. The van der Waals surface area contributed by atoms with E-state index in [0.29, 0.717) is 0 Å². The number of hydrogen-bond donors (Lipinski definition) is 1. The molecule has 212 valence electrons. The SMILES string of the molecule is Bc1c(B)c(B)c2c(-c3ccc(Nc4ccc(-c5c(B)c(B)c(B)c6c(B)c(B)c(B)c(B)c56)cc4)cc3)c(B)c(B)c(B)c2c1B. The molecule has 0 aromatic heterocycles. The fourth-order valence-corrected chi connectivity index (χ4v) is 8.20. The fourth-order valence-electron chi connectivity index (χ4n) is 8.20. The van der Waals surface area contributed by atoms with E-state index in [-0.39, 0.29) is 0 Å². The first kappa shape index (κ1) is 33.5. The third kappa shape index (κ3) is 5.15. The monoisotopic (exact) mass is 589 g/mol. The van der Waals surface area contributed by atoms with E-state index in [2.05, 4.69) is 164 Å². The van der Waals surface area contributed by atoms with Crippen LogP contribution in [0, 0.1) is 0 Å². The average Bonchev–Trinajstić information content (AvgIpc) is 3.06. The number of fused-ring (bicyclic) bond motifs is 2. The quantitative estimate of drug-likeness (QED) is 0.203. The van der Waals surface area contributed by atoms with Gasteiger partial charge >= 0.3 is 0 Å². The van der Waals surface area contributed by atoms with E-state index >= 15 is 0 Å². The van der Waals surface area contributed by atoms with E-state index in [0.717, 1.165) is 11.4 Å². The van der Waals surface area contributed by atoms with Crippen LogP contribution in [0.2, 0.25) is 0 Å². The molecule has 6 aromatic carbocycles. The molecule has 0 amide bonds. The van der Waals surface area contributed by atoms with Crippen molar-refractivity contribution in [2.75, 3.05) is 5.32 Å². The highest BCUT2D eigenvalue weighted by atomic mass is 14.9. The Morgan fingerprint density at radius 1 is 0.255 bits per heavy atom. The zero-order valence-corrected chi connectivity index (χ0v) is 31.1. The second-order valence-corrected chi connectivity index (χ2v) is 14.3. The standard InChI is InChI=1S/C32H37B14N/c33-19-13(15-17(23(37)27(19)41)25(39)31(45)29(43)21(15)35)9-1-5-11(6-2-9)47-12-7-3-10(4-8-12)14-16-18(24(38)28(42)20(14)34)26(40)32(46)30(44)22(16)36/h1-8,47H,33-46H2. The first-order valence-electron chi connectivity index (χ1n) is 17.1. The molecule has 47 heavy (non-hydrogen) atoms. The van der Waals surface area contributed by atoms with Crippen molar-refractivity contribution in [2.24, 2.45) is 0 Å². The van der Waals surface area contributed by atoms with Crippen LogP contribution >= 0.6 is 0 Å². The molecule has 0 saturated carbocycles. The zero-order chi connectivity index (χ0) is 34.2. The molecule has 0 radical (unpaired) electrons. The number of benzene rings is 6. The normalized spacial score (nSPS) is 11.3. The largest absolute Gasteiger partial charge is 0.356 e. The first-order chi connectivity index (χ1) is 22.2. The van der Waals surface area contributed by atoms with Crippen LogP contribution in [0.3, 0.4) is 0 Å². The highest BCUT2D eigenvalue weighted by Crippen LogP contribution is 2.28. The van der Waals surface area contributed by atoms with E-state index in [1.807, 2.05) is 0 Å². The van der Waals surface area contributed by atoms with Crippen LogP contribution in [0.15, 0.2) is 48.5 Å². The van der Waals surface area contributed by atoms with Crippen molar-refractivity contribution in [3.8, 4) is 22.3 Å². The van der Waals surface area contributed by atoms with Gasteiger partial charge in [0.15, 0.2) is 0 Å². The molecule has 0 unspecified atom stereocenters. The predicted molar refractivity (Wildman–Crippen MR) is 257 cm³/mol. The van der Waals surface area contributed by atoms with Gasteiger partial charge in [0.25, 0.3) is 0 Å². The Bertz CT molecular complexity index is 2120. The smallest absolute Gasteiger partial charge is 0.139 e. The summed E-state index contributed by atoms with van der Waals surface area (Å²) in [5, 5.41) is 9.35. The van der Waals surface area contributed by atoms with Crippen LogP contribution in [0.25, 0.3) is 43.8 Å². The Balaban J connectivity index is 1.38. The lowest BCUT2D eigenvalue weighted by atomic mass is 9.59. The maximum absolute atomic E-state index is 3.68. The fraction of sp³-hybridized carbons (Fsp3) is 0. The lowest BCUT2D eigenvalue weighted by Gasteiger charge is -2.25. The van der Waals surface area contributed by atoms with Crippen LogP contribution < -0.4 is 81.8 Å². The van der Waals surface area contributed by atoms with Crippen molar-refractivity contribution in [1.29, 1.82) is 0 Å². The summed E-state index contributed by atoms with van der Waals surface area (Å²) in [6.07, 6.45) is 0. The third-order valence-corrected chi connectivity index (χ3v) is 12.3. The molecular weight excluding hydrogens is 550 g/mol. The molecule has 1 nitrogen and oxygen atoms in total. The summed E-state index contributed by atoms with van der Waals surface area (Å²) in [5.41, 5.74) is 27.1. The molecule has 0 aliphatic heterocycles. The second kappa shape index (κ2) is 12.2. The minimum atomic E-state index is 1.09. The Labute approximate surface area is 294 Å². The van der Waals surface area contributed by atoms with Crippen LogP contribution in [-0.4, -0.2) is 110 Å². The lowest BCUT2D eigenvalue weighted by Crippen LogP contribution is -2.52. The summed E-state index contributed by atoms with van der Waals surface area (Å²) in [5.74, 6) is 0. The maximum Gasteiger partial charge on any atom is 0.139 e. The molecular formula is C32H37B14N. The van der Waals surface area contributed by atoms with Gasteiger partial charge in [-0.3, -0.25) is 0 Å². The van der Waals surface area contributed by atoms with E-state index in [9.17, 15) is 0 Å². The Hall–Kier alpha value is -3.45. The van der Waals surface area contributed by atoms with E-state index < -0.39 is 0 Å². The van der Waals surface area contributed by atoms with Crippen molar-refractivity contribution >= 4 is 219 Å². The summed E-state index contributed by atoms with van der Waals surface area (Å²) in [7, 11) is 32.0. The molecule has 6 rings (SSSR count). The van der Waals surface area contributed by atoms with Crippen LogP contribution in [0.4, 0.5) is 11.4 Å². The number of hydrogen-bond acceptors (Lipinski definition) is 1. The number of rotatable bonds is 4. The molecule has 0 aliphatic carbocycles. The predicted octanol–water partition coefficient (Wildman–Crippen LogP) is -15.3. The molecule has 0 atom stereocenters. The van der Waals surface area contributed by atoms with Crippen molar-refractivity contribution in [3.63, 3.8) is 0 Å². The second-order valence-electron chi connectivity index (χ2n) is 14.3. The summed E-state index contributed by atoms with van der Waals surface area (Å²) in [4.78, 5) is 0. The molecule has 0 heterocycles. The zero-order valence-electron chi connectivity index (χ0n) is 31.1. The van der Waals surface area contributed by atoms with E-state index in [1.54, 1.807) is 0 Å². The van der Waals surface area contributed by atoms with Gasteiger partial charge in [-0.25, -0.2) is 0 Å². The minimum absolute atomic E-state index is 1.09. The molecule has 15 heteroatoms. The molecule has 0 saturated heterocycles. The summed E-state index contributed by atoms with van der Waals surface area (Å²) in [6.45, 7) is 0. The summed E-state index contributed by atoms with van der Waals surface area (Å²) >= 11 is 0. The Morgan fingerprint density at radius 3 is 0.766 bits per heavy atom. The molecule has 6 aromatic rings. The van der Waals surface area contributed by atoms with E-state index in [4.69, 9.17) is 0 Å². The van der Waals surface area contributed by atoms with Gasteiger partial charge in [-0.2, -0.15) is 0 Å². The van der Waals surface area contributed by atoms with Gasteiger partial charge in [0.2, 0.25) is 0 Å². The maximum atomic E-state index is 3.68. The molecule has 0 bridgehead atoms. The number of anilines is 2. The lowest BCUT2D eigenvalue weighted by molar-refractivity contribution is 1.55. The Morgan fingerprint density at radius 2 is 0.489 bits per heavy atom. The first-order valence-corrected chi connectivity index (χ1v) is 17.1. The minimum Gasteiger partial charge on any atom is -0.356 e. The summed E-state index contributed by atoms with van der Waals surface area (Å²) < 4.78 is 0. The van der Waals surface area contributed by atoms with Crippen molar-refractivity contribution in [2.45, 2.75) is 0 Å². The Kier molecular flexibility index (Phi) is 8.69. The average molecular weight is 587 g/mol. The van der Waals surface area contributed by atoms with Gasteiger partial charge in [-0.1, -0.05) is 68.0 Å². The van der Waals surface area contributed by atoms with Gasteiger partial charge in [-0.15, -0.1) is 32.8 Å². The number of nitrogens with one attached hydrogen (secondary N) is 1. The van der Waals surface area contributed by atoms with Crippen LogP contribution in [-0.2, 0) is 0 Å². The van der Waals surface area contributed by atoms with Crippen molar-refractivity contribution in [1.82, 2.24) is 0 Å². The highest BCUT2D eigenvalue weighted by molar-refractivity contribution is 6.73. The van der Waals surface area contributed by atoms with Gasteiger partial charge in [0, 0.05) is 11.4 Å². The molecule has 0 aliphatic rings. The van der Waals surface area contributed by atoms with Crippen molar-refractivity contribution in [3.05, 3.63) is 48.5 Å². The van der Waals surface area contributed by atoms with Gasteiger partial charge in [0.1, 0.15) is 110 Å². The van der Waals surface area contributed by atoms with Crippen LogP contribution in [0.1, 0.15) is 0 Å². The molecule has 0 spiro atoms. The van der Waals surface area contributed by atoms with Crippen molar-refractivity contribution < 1.29 is 0 Å². The molecule has 1 N–H and O–H groups in total. The van der Waals surface area contributed by atoms with E-state index in [1.165, 1.54) is 120 Å². The van der Waals surface area contributed by atoms with Gasteiger partial charge < -0.3 is 5.32 Å². The summed E-state index contributed by atoms with van der Waals surface area (Å²) in [6, 6.07) is 18.1. The van der Waals surface area contributed by atoms with Gasteiger partial charge in [0.05, 0.1) is 0 Å². The topological polar surface area (TPSA) is 12.0 Å². The third-order valence-electron chi connectivity index (χ3n) is 12.3. The van der Waals surface area contributed by atoms with Gasteiger partial charge in [-0.05, 0) is 68.1 Å². The van der Waals surface area contributed by atoms with Crippen LogP contribution in [0.5, 0.6) is 0 Å². The highest BCUT2D eigenvalue weighted by Gasteiger charge is 2.20.